The Kier molecular flexibility index (Phi) is 48.4. The van der Waals surface area contributed by atoms with Crippen molar-refractivity contribution in [2.75, 3.05) is 13.2 Å². The van der Waals surface area contributed by atoms with Gasteiger partial charge in [-0.1, -0.05) is 197 Å². The Morgan fingerprint density at radius 2 is 0.629 bits per heavy atom. The third-order valence-corrected chi connectivity index (χ3v) is 11.2. The van der Waals surface area contributed by atoms with Crippen LogP contribution >= 0.6 is 0 Å². The summed E-state index contributed by atoms with van der Waals surface area (Å²) in [5.74, 6) is -0.942. The van der Waals surface area contributed by atoms with Gasteiger partial charge in [-0.25, -0.2) is 0 Å². The summed E-state index contributed by atoms with van der Waals surface area (Å²) in [7, 11) is 0. The lowest BCUT2D eigenvalue weighted by molar-refractivity contribution is -0.167. The molecule has 0 bridgehead atoms. The van der Waals surface area contributed by atoms with Crippen molar-refractivity contribution in [3.63, 3.8) is 0 Å². The Hall–Kier alpha value is -2.89. The Bertz CT molecular complexity index is 1130. The number of unbranched alkanes of at least 4 members (excludes halogenated alkanes) is 26. The lowest BCUT2D eigenvalue weighted by Crippen LogP contribution is -2.30. The Morgan fingerprint density at radius 1 is 0.339 bits per heavy atom. The third kappa shape index (κ3) is 48.1. The van der Waals surface area contributed by atoms with Crippen molar-refractivity contribution >= 4 is 17.9 Å². The van der Waals surface area contributed by atoms with Gasteiger partial charge in [-0.15, -0.1) is 0 Å². The first-order chi connectivity index (χ1) is 30.5. The summed E-state index contributed by atoms with van der Waals surface area (Å²) in [6, 6.07) is 0. The summed E-state index contributed by atoms with van der Waals surface area (Å²) >= 11 is 0. The highest BCUT2D eigenvalue weighted by Crippen LogP contribution is 2.14. The molecule has 0 fully saturated rings. The molecule has 0 N–H and O–H groups in total. The van der Waals surface area contributed by atoms with E-state index in [1.807, 2.05) is 0 Å². The molecule has 6 heteroatoms. The van der Waals surface area contributed by atoms with Gasteiger partial charge in [0, 0.05) is 19.3 Å². The lowest BCUT2D eigenvalue weighted by Gasteiger charge is -2.18. The molecule has 0 aliphatic carbocycles. The van der Waals surface area contributed by atoms with E-state index in [-0.39, 0.29) is 31.1 Å². The molecule has 0 aliphatic rings. The number of hydrogen-bond acceptors (Lipinski definition) is 6. The van der Waals surface area contributed by atoms with E-state index in [1.165, 1.54) is 128 Å². The zero-order valence-electron chi connectivity index (χ0n) is 40.9. The number of hydrogen-bond donors (Lipinski definition) is 0. The molecule has 1 unspecified atom stereocenters. The van der Waals surface area contributed by atoms with Crippen molar-refractivity contribution in [2.45, 2.75) is 264 Å². The Labute approximate surface area is 383 Å². The fourth-order valence-corrected chi connectivity index (χ4v) is 7.27. The number of esters is 3. The van der Waals surface area contributed by atoms with Crippen molar-refractivity contribution in [2.24, 2.45) is 0 Å². The SMILES string of the molecule is CC/C=C\C/C=C\CCCCC(=O)OCC(COC(=O)CCCCCCC/C=C\CCCCCCCCCCC)OC(=O)CCCCCCCCC/C=C\C/C=C\CCCCC. The standard InChI is InChI=1S/C56H98O6/c1-4-7-10-13-16-19-21-23-25-27-29-30-32-34-37-40-43-46-49-55(58)61-52-53(51-60-54(57)48-45-42-39-36-18-15-12-9-6-3)62-56(59)50-47-44-41-38-35-33-31-28-26-24-22-20-17-14-11-8-5-2/h9,12,17-18,20,24,26,29-30,36,53H,4-8,10-11,13-16,19,21-23,25,27-28,31-35,37-52H2,1-3H3/b12-9-,20-17-,26-24-,30-29-,36-18-. The van der Waals surface area contributed by atoms with E-state index in [1.54, 1.807) is 0 Å². The zero-order chi connectivity index (χ0) is 45.1. The topological polar surface area (TPSA) is 78.9 Å². The van der Waals surface area contributed by atoms with Crippen molar-refractivity contribution in [3.05, 3.63) is 60.8 Å². The van der Waals surface area contributed by atoms with Crippen LogP contribution in [-0.2, 0) is 28.6 Å². The van der Waals surface area contributed by atoms with Crippen LogP contribution in [0.2, 0.25) is 0 Å². The smallest absolute Gasteiger partial charge is 0.306 e. The van der Waals surface area contributed by atoms with E-state index in [0.29, 0.717) is 19.3 Å². The Morgan fingerprint density at radius 3 is 1.05 bits per heavy atom. The van der Waals surface area contributed by atoms with E-state index in [4.69, 9.17) is 14.2 Å². The molecule has 1 atom stereocenters. The molecular weight excluding hydrogens is 769 g/mol. The molecule has 6 nitrogen and oxygen atoms in total. The molecule has 358 valence electrons. The molecule has 0 aromatic rings. The van der Waals surface area contributed by atoms with Gasteiger partial charge in [0.25, 0.3) is 0 Å². The van der Waals surface area contributed by atoms with Gasteiger partial charge in [-0.3, -0.25) is 14.4 Å². The minimum Gasteiger partial charge on any atom is -0.462 e. The maximum atomic E-state index is 12.8. The number of allylic oxidation sites excluding steroid dienone is 10. The van der Waals surface area contributed by atoms with Gasteiger partial charge in [0.1, 0.15) is 13.2 Å². The highest BCUT2D eigenvalue weighted by molar-refractivity contribution is 5.71. The van der Waals surface area contributed by atoms with E-state index < -0.39 is 6.10 Å². The van der Waals surface area contributed by atoms with Gasteiger partial charge in [0.15, 0.2) is 6.10 Å². The second-order valence-electron chi connectivity index (χ2n) is 17.4. The molecule has 0 amide bonds. The van der Waals surface area contributed by atoms with Crippen molar-refractivity contribution in [1.29, 1.82) is 0 Å². The second kappa shape index (κ2) is 50.8. The molecule has 0 aliphatic heterocycles. The molecule has 0 saturated heterocycles. The van der Waals surface area contributed by atoms with Gasteiger partial charge in [0.2, 0.25) is 0 Å². The van der Waals surface area contributed by atoms with E-state index in [2.05, 4.69) is 81.5 Å². The van der Waals surface area contributed by atoms with Crippen molar-refractivity contribution < 1.29 is 28.6 Å². The molecule has 0 spiro atoms. The number of carbonyl (C=O) groups is 3. The predicted octanol–water partition coefficient (Wildman–Crippen LogP) is 17.3. The highest BCUT2D eigenvalue weighted by atomic mass is 16.6. The van der Waals surface area contributed by atoms with Crippen molar-refractivity contribution in [1.82, 2.24) is 0 Å². The van der Waals surface area contributed by atoms with Gasteiger partial charge >= 0.3 is 17.9 Å². The zero-order valence-corrected chi connectivity index (χ0v) is 40.9. The summed E-state index contributed by atoms with van der Waals surface area (Å²) in [6.07, 6.45) is 62.2. The minimum absolute atomic E-state index is 0.0918. The van der Waals surface area contributed by atoms with Crippen LogP contribution in [0, 0.1) is 0 Å². The molecule has 0 rings (SSSR count). The molecule has 0 heterocycles. The highest BCUT2D eigenvalue weighted by Gasteiger charge is 2.19. The molecule has 0 aromatic carbocycles. The molecule has 0 aromatic heterocycles. The fourth-order valence-electron chi connectivity index (χ4n) is 7.27. The van der Waals surface area contributed by atoms with Crippen LogP contribution in [0.3, 0.4) is 0 Å². The van der Waals surface area contributed by atoms with E-state index in [0.717, 1.165) is 89.9 Å². The maximum Gasteiger partial charge on any atom is 0.306 e. The van der Waals surface area contributed by atoms with Crippen LogP contribution < -0.4 is 0 Å². The fraction of sp³-hybridized carbons (Fsp3) is 0.768. The number of rotatable bonds is 47. The van der Waals surface area contributed by atoms with E-state index in [9.17, 15) is 14.4 Å². The predicted molar refractivity (Wildman–Crippen MR) is 265 cm³/mol. The van der Waals surface area contributed by atoms with Crippen LogP contribution in [0.25, 0.3) is 0 Å². The first kappa shape index (κ1) is 59.1. The maximum absolute atomic E-state index is 12.8. The summed E-state index contributed by atoms with van der Waals surface area (Å²) in [5, 5.41) is 0. The number of carbonyl (C=O) groups excluding carboxylic acids is 3. The van der Waals surface area contributed by atoms with Gasteiger partial charge < -0.3 is 14.2 Å². The summed E-state index contributed by atoms with van der Waals surface area (Å²) in [5.41, 5.74) is 0. The van der Waals surface area contributed by atoms with Gasteiger partial charge in [-0.2, -0.15) is 0 Å². The Balaban J connectivity index is 4.34. The van der Waals surface area contributed by atoms with Crippen LogP contribution in [0.4, 0.5) is 0 Å². The first-order valence-corrected chi connectivity index (χ1v) is 26.3. The van der Waals surface area contributed by atoms with Crippen LogP contribution in [0.1, 0.15) is 258 Å². The molecular formula is C56H98O6. The quantitative estimate of drug-likeness (QED) is 0.0262. The molecule has 0 radical (unpaired) electrons. The summed E-state index contributed by atoms with van der Waals surface area (Å²) in [4.78, 5) is 37.9. The van der Waals surface area contributed by atoms with Crippen LogP contribution in [0.5, 0.6) is 0 Å². The molecule has 0 saturated carbocycles. The largest absolute Gasteiger partial charge is 0.462 e. The van der Waals surface area contributed by atoms with E-state index >= 15 is 0 Å². The number of ether oxygens (including phenoxy) is 3. The van der Waals surface area contributed by atoms with Gasteiger partial charge in [-0.05, 0) is 103 Å². The summed E-state index contributed by atoms with van der Waals surface area (Å²) < 4.78 is 16.7. The minimum atomic E-state index is -0.793. The first-order valence-electron chi connectivity index (χ1n) is 26.3. The third-order valence-electron chi connectivity index (χ3n) is 11.2. The van der Waals surface area contributed by atoms with Crippen LogP contribution in [-0.4, -0.2) is 37.2 Å². The van der Waals surface area contributed by atoms with Crippen LogP contribution in [0.15, 0.2) is 60.8 Å². The summed E-state index contributed by atoms with van der Waals surface area (Å²) in [6.45, 7) is 6.45. The van der Waals surface area contributed by atoms with Gasteiger partial charge in [0.05, 0.1) is 0 Å². The monoisotopic (exact) mass is 867 g/mol. The van der Waals surface area contributed by atoms with Crippen molar-refractivity contribution in [3.8, 4) is 0 Å². The average Bonchev–Trinajstić information content (AvgIpc) is 3.27. The lowest BCUT2D eigenvalue weighted by atomic mass is 10.1. The normalized spacial score (nSPS) is 12.5. The molecule has 62 heavy (non-hydrogen) atoms. The second-order valence-corrected chi connectivity index (χ2v) is 17.4. The average molecular weight is 867 g/mol.